The largest absolute Gasteiger partial charge is 0.508 e. The number of hydrogen-bond acceptors (Lipinski definition) is 10. The third-order valence-corrected chi connectivity index (χ3v) is 7.39. The first kappa shape index (κ1) is 31.1. The predicted molar refractivity (Wildman–Crippen MR) is 183 cm³/mol. The molecule has 46 heavy (non-hydrogen) atoms. The molecule has 12 heteroatoms. The van der Waals surface area contributed by atoms with Crippen molar-refractivity contribution in [1.82, 2.24) is 0 Å². The van der Waals surface area contributed by atoms with Crippen molar-refractivity contribution in [3.8, 4) is 5.75 Å². The minimum atomic E-state index is -0.675. The number of nitrogens with zero attached hydrogens (tertiary/aromatic N) is 2. The number of hydrazine groups is 1. The van der Waals surface area contributed by atoms with Crippen molar-refractivity contribution < 1.29 is 15.0 Å². The van der Waals surface area contributed by atoms with Crippen LogP contribution in [-0.4, -0.2) is 15.0 Å². The summed E-state index contributed by atoms with van der Waals surface area (Å²) in [5.41, 5.74) is 15.3. The Labute approximate surface area is 265 Å². The average Bonchev–Trinajstić information content (AvgIpc) is 3.01. The summed E-state index contributed by atoms with van der Waals surface area (Å²) in [6.45, 7) is 7.88. The fourth-order valence-corrected chi connectivity index (χ4v) is 4.87. The number of benzene rings is 5. The average molecular weight is 620 g/mol. The van der Waals surface area contributed by atoms with Crippen LogP contribution < -0.4 is 26.8 Å². The predicted octanol–water partition coefficient (Wildman–Crippen LogP) is 9.11. The number of nitro benzene ring substituents is 2. The number of nitrogens with one attached hydrogen (secondary N) is 5. The molecular weight excluding hydrogens is 586 g/mol. The van der Waals surface area contributed by atoms with E-state index in [1.165, 1.54) is 12.1 Å². The van der Waals surface area contributed by atoms with Gasteiger partial charge in [-0.05, 0) is 123 Å². The van der Waals surface area contributed by atoms with E-state index in [2.05, 4.69) is 38.9 Å². The molecule has 6 N–H and O–H groups in total. The Hall–Kier alpha value is -6.30. The first-order chi connectivity index (χ1) is 21.9. The van der Waals surface area contributed by atoms with Crippen molar-refractivity contribution in [3.05, 3.63) is 133 Å². The van der Waals surface area contributed by atoms with Crippen molar-refractivity contribution >= 4 is 56.9 Å². The number of rotatable bonds is 11. The van der Waals surface area contributed by atoms with E-state index in [0.717, 1.165) is 62.4 Å². The van der Waals surface area contributed by atoms with Crippen LogP contribution in [0.4, 0.5) is 56.9 Å². The molecule has 0 amide bonds. The van der Waals surface area contributed by atoms with Crippen LogP contribution in [0.15, 0.2) is 91.0 Å². The lowest BCUT2D eigenvalue weighted by Gasteiger charge is -2.16. The Balaban J connectivity index is 1.21. The zero-order chi connectivity index (χ0) is 33.0. The van der Waals surface area contributed by atoms with Gasteiger partial charge in [0.1, 0.15) is 5.75 Å². The highest BCUT2D eigenvalue weighted by atomic mass is 16.6. The summed E-state index contributed by atoms with van der Waals surface area (Å²) >= 11 is 0. The fraction of sp³-hybridized carbons (Fsp3) is 0.118. The van der Waals surface area contributed by atoms with Gasteiger partial charge in [-0.3, -0.25) is 20.2 Å². The van der Waals surface area contributed by atoms with Crippen LogP contribution in [0.25, 0.3) is 0 Å². The van der Waals surface area contributed by atoms with Crippen LogP contribution in [0.5, 0.6) is 5.75 Å². The number of aryl methyl sites for hydroxylation is 4. The molecule has 0 heterocycles. The summed E-state index contributed by atoms with van der Waals surface area (Å²) in [5.74, 6) is 0.270. The number of phenols is 1. The molecule has 0 atom stereocenters. The fourth-order valence-electron chi connectivity index (χ4n) is 4.87. The molecule has 5 rings (SSSR count). The zero-order valence-electron chi connectivity index (χ0n) is 25.6. The van der Waals surface area contributed by atoms with E-state index in [9.17, 15) is 25.3 Å². The summed E-state index contributed by atoms with van der Waals surface area (Å²) in [6, 6.07) is 26.6. The van der Waals surface area contributed by atoms with Gasteiger partial charge in [0.15, 0.2) is 0 Å². The standard InChI is InChI=1S/C34H33N7O5/c1-20-13-25(5-9-31(20)35-24-6-10-32(21(2)14-24)37-26-8-12-34(42)23(4)16-26)36-33-11-7-27(15-22(33)3)38-39-28-17-29(40(43)44)19-30(18-28)41(45)46/h5-19,35-39,42H,1-4H3. The first-order valence-corrected chi connectivity index (χ1v) is 14.3. The number of hydrogen-bond donors (Lipinski definition) is 6. The summed E-state index contributed by atoms with van der Waals surface area (Å²) in [6.07, 6.45) is 0. The molecule has 0 fully saturated rings. The van der Waals surface area contributed by atoms with Gasteiger partial charge in [-0.25, -0.2) is 0 Å². The highest BCUT2D eigenvalue weighted by Gasteiger charge is 2.16. The second-order valence-corrected chi connectivity index (χ2v) is 11.0. The molecule has 0 unspecified atom stereocenters. The first-order valence-electron chi connectivity index (χ1n) is 14.3. The lowest BCUT2D eigenvalue weighted by molar-refractivity contribution is -0.394. The van der Waals surface area contributed by atoms with Gasteiger partial charge < -0.3 is 31.9 Å². The van der Waals surface area contributed by atoms with E-state index in [1.54, 1.807) is 6.07 Å². The van der Waals surface area contributed by atoms with Crippen molar-refractivity contribution in [3.63, 3.8) is 0 Å². The molecule has 0 bridgehead atoms. The second kappa shape index (κ2) is 13.1. The van der Waals surface area contributed by atoms with Gasteiger partial charge in [-0.1, -0.05) is 0 Å². The summed E-state index contributed by atoms with van der Waals surface area (Å²) in [7, 11) is 0. The highest BCUT2D eigenvalue weighted by molar-refractivity contribution is 5.74. The summed E-state index contributed by atoms with van der Waals surface area (Å²) in [5, 5.41) is 42.5. The number of nitro groups is 2. The molecule has 0 saturated heterocycles. The molecule has 12 nitrogen and oxygen atoms in total. The van der Waals surface area contributed by atoms with Crippen LogP contribution in [0.2, 0.25) is 0 Å². The van der Waals surface area contributed by atoms with Crippen molar-refractivity contribution in [2.24, 2.45) is 0 Å². The van der Waals surface area contributed by atoms with E-state index in [-0.39, 0.29) is 22.8 Å². The van der Waals surface area contributed by atoms with Gasteiger partial charge in [-0.2, -0.15) is 0 Å². The van der Waals surface area contributed by atoms with Gasteiger partial charge in [0, 0.05) is 46.3 Å². The molecule has 5 aromatic carbocycles. The topological polar surface area (TPSA) is 167 Å². The van der Waals surface area contributed by atoms with Gasteiger partial charge in [0.2, 0.25) is 0 Å². The third-order valence-electron chi connectivity index (χ3n) is 7.39. The van der Waals surface area contributed by atoms with Crippen molar-refractivity contribution in [1.29, 1.82) is 0 Å². The minimum Gasteiger partial charge on any atom is -0.508 e. The molecule has 5 aromatic rings. The highest BCUT2D eigenvalue weighted by Crippen LogP contribution is 2.31. The normalized spacial score (nSPS) is 10.6. The second-order valence-electron chi connectivity index (χ2n) is 11.0. The van der Waals surface area contributed by atoms with Gasteiger partial charge in [0.25, 0.3) is 11.4 Å². The number of phenolic OH excluding ortho intramolecular Hbond substituents is 1. The third kappa shape index (κ3) is 7.42. The summed E-state index contributed by atoms with van der Waals surface area (Å²) in [4.78, 5) is 21.0. The zero-order valence-corrected chi connectivity index (χ0v) is 25.6. The van der Waals surface area contributed by atoms with E-state index in [0.29, 0.717) is 5.69 Å². The lowest BCUT2D eigenvalue weighted by Crippen LogP contribution is -2.09. The Morgan fingerprint density at radius 2 is 0.848 bits per heavy atom. The van der Waals surface area contributed by atoms with Gasteiger partial charge in [0.05, 0.1) is 27.3 Å². The molecular formula is C34H33N7O5. The van der Waals surface area contributed by atoms with Crippen LogP contribution in [0.1, 0.15) is 22.3 Å². The summed E-state index contributed by atoms with van der Waals surface area (Å²) < 4.78 is 0. The number of aromatic hydroxyl groups is 1. The molecule has 0 aromatic heterocycles. The van der Waals surface area contributed by atoms with Crippen LogP contribution >= 0.6 is 0 Å². The van der Waals surface area contributed by atoms with E-state index in [4.69, 9.17) is 0 Å². The minimum absolute atomic E-state index is 0.192. The maximum absolute atomic E-state index is 11.2. The maximum Gasteiger partial charge on any atom is 0.278 e. The molecule has 0 radical (unpaired) electrons. The quantitative estimate of drug-likeness (QED) is 0.0476. The van der Waals surface area contributed by atoms with Crippen molar-refractivity contribution in [2.75, 3.05) is 26.8 Å². The Morgan fingerprint density at radius 1 is 0.478 bits per heavy atom. The van der Waals surface area contributed by atoms with E-state index < -0.39 is 9.85 Å². The monoisotopic (exact) mass is 619 g/mol. The lowest BCUT2D eigenvalue weighted by atomic mass is 10.1. The Morgan fingerprint density at radius 3 is 1.26 bits per heavy atom. The maximum atomic E-state index is 11.2. The Bertz CT molecular complexity index is 1930. The molecule has 0 aliphatic carbocycles. The van der Waals surface area contributed by atoms with E-state index >= 15 is 0 Å². The van der Waals surface area contributed by atoms with Crippen LogP contribution in [0, 0.1) is 47.9 Å². The van der Waals surface area contributed by atoms with Crippen LogP contribution in [0.3, 0.4) is 0 Å². The van der Waals surface area contributed by atoms with Gasteiger partial charge in [-0.15, -0.1) is 0 Å². The molecule has 0 saturated carbocycles. The smallest absolute Gasteiger partial charge is 0.278 e. The molecule has 0 aliphatic heterocycles. The number of anilines is 8. The SMILES string of the molecule is Cc1cc(Nc2ccc(Nc3ccc(Nc4ccc(NNc5cc([N+](=O)[O-])cc([N+](=O)[O-])c5)cc4C)cc3C)cc2C)ccc1O. The molecule has 0 aliphatic rings. The number of non-ortho nitro benzene ring substituents is 2. The van der Waals surface area contributed by atoms with E-state index in [1.807, 2.05) is 82.3 Å². The van der Waals surface area contributed by atoms with Crippen LogP contribution in [-0.2, 0) is 0 Å². The van der Waals surface area contributed by atoms with Crippen molar-refractivity contribution in [2.45, 2.75) is 27.7 Å². The molecule has 0 spiro atoms. The molecule has 234 valence electrons. The van der Waals surface area contributed by atoms with Gasteiger partial charge >= 0.3 is 0 Å². The Kier molecular flexibility index (Phi) is 8.89.